The van der Waals surface area contributed by atoms with Gasteiger partial charge in [-0.05, 0) is 18.6 Å². The average Bonchev–Trinajstić information content (AvgIpc) is 2.38. The monoisotopic (exact) mass is 248 g/mol. The molecule has 0 saturated carbocycles. The number of imide groups is 1. The van der Waals surface area contributed by atoms with Gasteiger partial charge in [0.15, 0.2) is 0 Å². The van der Waals surface area contributed by atoms with Crippen molar-refractivity contribution >= 4 is 17.6 Å². The van der Waals surface area contributed by atoms with E-state index in [2.05, 4.69) is 10.3 Å². The van der Waals surface area contributed by atoms with E-state index in [9.17, 15) is 9.59 Å². The summed E-state index contributed by atoms with van der Waals surface area (Å²) in [7, 11) is 0. The fourth-order valence-corrected chi connectivity index (χ4v) is 2.05. The van der Waals surface area contributed by atoms with Crippen LogP contribution in [0.3, 0.4) is 0 Å². The van der Waals surface area contributed by atoms with Crippen molar-refractivity contribution in [2.75, 3.05) is 11.4 Å². The van der Waals surface area contributed by atoms with Crippen molar-refractivity contribution in [2.24, 2.45) is 5.73 Å². The predicted molar refractivity (Wildman–Crippen MR) is 66.7 cm³/mol. The van der Waals surface area contributed by atoms with E-state index in [4.69, 9.17) is 5.73 Å². The third-order valence-electron chi connectivity index (χ3n) is 2.94. The highest BCUT2D eigenvalue weighted by molar-refractivity contribution is 6.04. The lowest BCUT2D eigenvalue weighted by molar-refractivity contribution is -0.132. The summed E-state index contributed by atoms with van der Waals surface area (Å²) >= 11 is 0. The number of nitrogens with one attached hydrogen (secondary N) is 1. The molecule has 1 aromatic rings. The van der Waals surface area contributed by atoms with E-state index in [1.165, 1.54) is 0 Å². The number of pyridine rings is 1. The van der Waals surface area contributed by atoms with Gasteiger partial charge in [-0.15, -0.1) is 0 Å². The van der Waals surface area contributed by atoms with E-state index >= 15 is 0 Å². The topological polar surface area (TPSA) is 88.3 Å². The molecule has 0 bridgehead atoms. The van der Waals surface area contributed by atoms with Crippen LogP contribution in [0, 0.1) is 0 Å². The van der Waals surface area contributed by atoms with Gasteiger partial charge in [-0.25, -0.2) is 4.98 Å². The van der Waals surface area contributed by atoms with Gasteiger partial charge >= 0.3 is 0 Å². The highest BCUT2D eigenvalue weighted by atomic mass is 16.2. The summed E-state index contributed by atoms with van der Waals surface area (Å²) in [6.45, 7) is 2.38. The number of hydrogen-bond donors (Lipinski definition) is 2. The smallest absolute Gasteiger partial charge is 0.249 e. The zero-order valence-corrected chi connectivity index (χ0v) is 10.2. The molecule has 18 heavy (non-hydrogen) atoms. The quantitative estimate of drug-likeness (QED) is 0.722. The number of carbonyl (C=O) groups is 2. The number of nitrogens with two attached hydrogens (primary N) is 1. The van der Waals surface area contributed by atoms with Crippen LogP contribution in [0.5, 0.6) is 0 Å². The van der Waals surface area contributed by atoms with Gasteiger partial charge in [0, 0.05) is 6.54 Å². The minimum absolute atomic E-state index is 0.144. The highest BCUT2D eigenvalue weighted by Crippen LogP contribution is 2.18. The summed E-state index contributed by atoms with van der Waals surface area (Å²) < 4.78 is 0. The third-order valence-corrected chi connectivity index (χ3v) is 2.94. The van der Waals surface area contributed by atoms with E-state index in [0.29, 0.717) is 18.8 Å². The molecule has 3 N–H and O–H groups in total. The Balaban J connectivity index is 2.33. The van der Waals surface area contributed by atoms with E-state index in [1.807, 2.05) is 19.1 Å². The van der Waals surface area contributed by atoms with Gasteiger partial charge in [-0.1, -0.05) is 13.0 Å². The lowest BCUT2D eigenvalue weighted by atomic mass is 10.1. The largest absolute Gasteiger partial charge is 0.335 e. The van der Waals surface area contributed by atoms with Gasteiger partial charge in [0.2, 0.25) is 11.8 Å². The first-order valence-electron chi connectivity index (χ1n) is 5.92. The maximum absolute atomic E-state index is 11.7. The Hall–Kier alpha value is -1.95. The van der Waals surface area contributed by atoms with Crippen LogP contribution in [0.4, 0.5) is 5.82 Å². The zero-order valence-electron chi connectivity index (χ0n) is 10.2. The first-order valence-corrected chi connectivity index (χ1v) is 5.92. The minimum Gasteiger partial charge on any atom is -0.335 e. The normalized spacial score (nSPS) is 19.9. The second-order valence-corrected chi connectivity index (χ2v) is 4.16. The Kier molecular flexibility index (Phi) is 3.57. The van der Waals surface area contributed by atoms with Gasteiger partial charge in [0.25, 0.3) is 0 Å². The molecule has 1 saturated heterocycles. The van der Waals surface area contributed by atoms with E-state index in [1.54, 1.807) is 11.0 Å². The van der Waals surface area contributed by atoms with Crippen LogP contribution < -0.4 is 16.0 Å². The standard InChI is InChI=1S/C12H16N4O2/c1-2-9-12(18)15-11(17)7-16(9)10-5-3-4-8(6-13)14-10/h3-5,9H,2,6-7,13H2,1H3,(H,15,17,18). The van der Waals surface area contributed by atoms with E-state index in [-0.39, 0.29) is 24.4 Å². The summed E-state index contributed by atoms with van der Waals surface area (Å²) in [6, 6.07) is 5.07. The third kappa shape index (κ3) is 2.33. The summed E-state index contributed by atoms with van der Waals surface area (Å²) in [5.41, 5.74) is 6.28. The van der Waals surface area contributed by atoms with Crippen molar-refractivity contribution < 1.29 is 9.59 Å². The van der Waals surface area contributed by atoms with Crippen molar-refractivity contribution in [1.82, 2.24) is 10.3 Å². The summed E-state index contributed by atoms with van der Waals surface area (Å²) in [6.07, 6.45) is 0.619. The Morgan fingerprint density at radius 3 is 2.94 bits per heavy atom. The first-order chi connectivity index (χ1) is 8.65. The van der Waals surface area contributed by atoms with Gasteiger partial charge in [0.1, 0.15) is 11.9 Å². The second-order valence-electron chi connectivity index (χ2n) is 4.16. The molecule has 1 fully saturated rings. The Morgan fingerprint density at radius 2 is 2.28 bits per heavy atom. The molecule has 1 aromatic heterocycles. The van der Waals surface area contributed by atoms with Crippen LogP contribution in [0.1, 0.15) is 19.0 Å². The second kappa shape index (κ2) is 5.14. The molecular formula is C12H16N4O2. The predicted octanol–water partition coefficient (Wildman–Crippen LogP) is -0.218. The van der Waals surface area contributed by atoms with E-state index in [0.717, 1.165) is 5.69 Å². The first kappa shape index (κ1) is 12.5. The van der Waals surface area contributed by atoms with Gasteiger partial charge in [-0.3, -0.25) is 14.9 Å². The molecule has 1 unspecified atom stereocenters. The van der Waals surface area contributed by atoms with Gasteiger partial charge in [0.05, 0.1) is 12.2 Å². The van der Waals surface area contributed by atoms with E-state index < -0.39 is 0 Å². The van der Waals surface area contributed by atoms with Gasteiger partial charge < -0.3 is 10.6 Å². The molecule has 1 atom stereocenters. The molecule has 1 aliphatic heterocycles. The molecule has 0 spiro atoms. The number of nitrogens with zero attached hydrogens (tertiary/aromatic N) is 2. The fraction of sp³-hybridized carbons (Fsp3) is 0.417. The number of anilines is 1. The Morgan fingerprint density at radius 1 is 1.50 bits per heavy atom. The molecule has 6 nitrogen and oxygen atoms in total. The maximum Gasteiger partial charge on any atom is 0.249 e. The number of amides is 2. The number of hydrogen-bond acceptors (Lipinski definition) is 5. The Bertz CT molecular complexity index is 475. The number of aromatic nitrogens is 1. The Labute approximate surface area is 105 Å². The van der Waals surface area contributed by atoms with Crippen LogP contribution >= 0.6 is 0 Å². The molecule has 2 amide bonds. The molecule has 0 radical (unpaired) electrons. The molecule has 0 aromatic carbocycles. The van der Waals surface area contributed by atoms with Crippen LogP contribution in [0.15, 0.2) is 18.2 Å². The summed E-state index contributed by atoms with van der Waals surface area (Å²) in [4.78, 5) is 29.3. The molecule has 6 heteroatoms. The zero-order chi connectivity index (χ0) is 13.1. The molecule has 0 aliphatic carbocycles. The van der Waals surface area contributed by atoms with Crippen molar-refractivity contribution in [1.29, 1.82) is 0 Å². The molecule has 1 aliphatic rings. The average molecular weight is 248 g/mol. The van der Waals surface area contributed by atoms with Crippen LogP contribution in [-0.4, -0.2) is 29.4 Å². The molecule has 2 heterocycles. The molecular weight excluding hydrogens is 232 g/mol. The number of carbonyl (C=O) groups excluding carboxylic acids is 2. The molecule has 96 valence electrons. The number of rotatable bonds is 3. The van der Waals surface area contributed by atoms with Crippen LogP contribution in [-0.2, 0) is 16.1 Å². The summed E-state index contributed by atoms with van der Waals surface area (Å²) in [5.74, 6) is 0.0475. The maximum atomic E-state index is 11.7. The lowest BCUT2D eigenvalue weighted by Gasteiger charge is -2.34. The van der Waals surface area contributed by atoms with Crippen molar-refractivity contribution in [3.05, 3.63) is 23.9 Å². The fourth-order valence-electron chi connectivity index (χ4n) is 2.05. The summed E-state index contributed by atoms with van der Waals surface area (Å²) in [5, 5.41) is 2.34. The van der Waals surface area contributed by atoms with Crippen LogP contribution in [0.2, 0.25) is 0 Å². The van der Waals surface area contributed by atoms with Crippen molar-refractivity contribution in [2.45, 2.75) is 25.9 Å². The number of piperazine rings is 1. The van der Waals surface area contributed by atoms with Gasteiger partial charge in [-0.2, -0.15) is 0 Å². The highest BCUT2D eigenvalue weighted by Gasteiger charge is 2.33. The van der Waals surface area contributed by atoms with Crippen molar-refractivity contribution in [3.8, 4) is 0 Å². The lowest BCUT2D eigenvalue weighted by Crippen LogP contribution is -2.58. The van der Waals surface area contributed by atoms with Crippen molar-refractivity contribution in [3.63, 3.8) is 0 Å². The van der Waals surface area contributed by atoms with Crippen LogP contribution in [0.25, 0.3) is 0 Å². The SMILES string of the molecule is CCC1C(=O)NC(=O)CN1c1cccc(CN)n1. The molecule has 2 rings (SSSR count). The minimum atomic E-state index is -0.358.